The van der Waals surface area contributed by atoms with Gasteiger partial charge in [-0.2, -0.15) is 0 Å². The van der Waals surface area contributed by atoms with Crippen LogP contribution in [0.1, 0.15) is 6.42 Å². The van der Waals surface area contributed by atoms with Crippen molar-refractivity contribution < 1.29 is 13.9 Å². The second-order valence-electron chi connectivity index (χ2n) is 5.27. The first-order valence-electron chi connectivity index (χ1n) is 7.26. The normalized spacial score (nSPS) is 17.4. The maximum atomic E-state index is 13.7. The van der Waals surface area contributed by atoms with E-state index >= 15 is 0 Å². The molecule has 1 amide bonds. The highest BCUT2D eigenvalue weighted by molar-refractivity contribution is 9.10. The standard InChI is InChI=1S/C17H16BrFN2O2/c1-23-16-13(19)3-2-4-14(16)20-15-9-10-21(17(15)22)12-7-5-11(18)6-8-12/h2-8,15,20H,9-10H2,1H3. The molecule has 23 heavy (non-hydrogen) atoms. The van der Waals surface area contributed by atoms with E-state index in [-0.39, 0.29) is 11.7 Å². The van der Waals surface area contributed by atoms with Gasteiger partial charge in [0, 0.05) is 16.7 Å². The van der Waals surface area contributed by atoms with Crippen LogP contribution in [0.15, 0.2) is 46.9 Å². The zero-order chi connectivity index (χ0) is 16.4. The largest absolute Gasteiger partial charge is 0.492 e. The number of benzene rings is 2. The van der Waals surface area contributed by atoms with Crippen molar-refractivity contribution in [2.24, 2.45) is 0 Å². The van der Waals surface area contributed by atoms with E-state index in [1.165, 1.54) is 13.2 Å². The summed E-state index contributed by atoms with van der Waals surface area (Å²) < 4.78 is 19.8. The monoisotopic (exact) mass is 378 g/mol. The highest BCUT2D eigenvalue weighted by Crippen LogP contribution is 2.30. The van der Waals surface area contributed by atoms with Crippen LogP contribution in [0.25, 0.3) is 0 Å². The number of anilines is 2. The van der Waals surface area contributed by atoms with Gasteiger partial charge in [-0.15, -0.1) is 0 Å². The van der Waals surface area contributed by atoms with Crippen LogP contribution in [-0.4, -0.2) is 25.6 Å². The molecule has 0 spiro atoms. The summed E-state index contributed by atoms with van der Waals surface area (Å²) in [6.45, 7) is 0.621. The van der Waals surface area contributed by atoms with Crippen LogP contribution >= 0.6 is 15.9 Å². The number of ether oxygens (including phenoxy) is 1. The van der Waals surface area contributed by atoms with E-state index in [0.717, 1.165) is 10.2 Å². The average Bonchev–Trinajstić information content (AvgIpc) is 2.90. The molecule has 1 saturated heterocycles. The first-order valence-corrected chi connectivity index (χ1v) is 8.05. The summed E-state index contributed by atoms with van der Waals surface area (Å²) in [5, 5.41) is 3.10. The van der Waals surface area contributed by atoms with Crippen LogP contribution in [0.4, 0.5) is 15.8 Å². The zero-order valence-corrected chi connectivity index (χ0v) is 14.1. The van der Waals surface area contributed by atoms with Crippen molar-refractivity contribution >= 4 is 33.2 Å². The lowest BCUT2D eigenvalue weighted by molar-refractivity contribution is -0.117. The highest BCUT2D eigenvalue weighted by Gasteiger charge is 2.33. The molecular formula is C17H16BrFN2O2. The number of para-hydroxylation sites is 1. The molecule has 4 nitrogen and oxygen atoms in total. The molecule has 6 heteroatoms. The fourth-order valence-corrected chi connectivity index (χ4v) is 2.97. The Morgan fingerprint density at radius 2 is 2.00 bits per heavy atom. The molecule has 1 aliphatic heterocycles. The van der Waals surface area contributed by atoms with E-state index in [1.807, 2.05) is 24.3 Å². The Morgan fingerprint density at radius 3 is 2.70 bits per heavy atom. The second-order valence-corrected chi connectivity index (χ2v) is 6.19. The quantitative estimate of drug-likeness (QED) is 0.879. The molecule has 0 saturated carbocycles. The van der Waals surface area contributed by atoms with Gasteiger partial charge >= 0.3 is 0 Å². The van der Waals surface area contributed by atoms with Gasteiger partial charge in [-0.25, -0.2) is 4.39 Å². The molecule has 1 aliphatic rings. The molecular weight excluding hydrogens is 363 g/mol. The summed E-state index contributed by atoms with van der Waals surface area (Å²) in [6.07, 6.45) is 0.647. The number of halogens is 2. The van der Waals surface area contributed by atoms with Crippen LogP contribution in [0, 0.1) is 5.82 Å². The zero-order valence-electron chi connectivity index (χ0n) is 12.6. The molecule has 1 N–H and O–H groups in total. The number of nitrogens with zero attached hydrogens (tertiary/aromatic N) is 1. The number of amides is 1. The van der Waals surface area contributed by atoms with E-state index in [2.05, 4.69) is 21.2 Å². The van der Waals surface area contributed by atoms with Crippen molar-refractivity contribution in [1.29, 1.82) is 0 Å². The molecule has 3 rings (SSSR count). The molecule has 0 radical (unpaired) electrons. The summed E-state index contributed by atoms with van der Waals surface area (Å²) >= 11 is 3.38. The molecule has 2 aromatic rings. The molecule has 1 atom stereocenters. The van der Waals surface area contributed by atoms with Crippen LogP contribution in [0.3, 0.4) is 0 Å². The third-order valence-corrected chi connectivity index (χ3v) is 4.37. The Hall–Kier alpha value is -2.08. The van der Waals surface area contributed by atoms with Gasteiger partial charge in [-0.3, -0.25) is 4.79 Å². The molecule has 1 heterocycles. The van der Waals surface area contributed by atoms with Gasteiger partial charge in [0.2, 0.25) is 5.91 Å². The summed E-state index contributed by atoms with van der Waals surface area (Å²) in [7, 11) is 1.41. The number of hydrogen-bond donors (Lipinski definition) is 1. The van der Waals surface area contributed by atoms with E-state index in [0.29, 0.717) is 18.7 Å². The van der Waals surface area contributed by atoms with Crippen molar-refractivity contribution in [1.82, 2.24) is 0 Å². The minimum atomic E-state index is -0.451. The predicted molar refractivity (Wildman–Crippen MR) is 91.5 cm³/mol. The minimum absolute atomic E-state index is 0.0290. The Bertz CT molecular complexity index is 721. The lowest BCUT2D eigenvalue weighted by Gasteiger charge is -2.19. The van der Waals surface area contributed by atoms with Gasteiger partial charge in [-0.1, -0.05) is 22.0 Å². The third kappa shape index (κ3) is 3.17. The summed E-state index contributed by atoms with van der Waals surface area (Å²) in [6, 6.07) is 11.8. The van der Waals surface area contributed by atoms with Gasteiger partial charge in [0.05, 0.1) is 12.8 Å². The van der Waals surface area contributed by atoms with Crippen molar-refractivity contribution in [2.45, 2.75) is 12.5 Å². The predicted octanol–water partition coefficient (Wildman–Crippen LogP) is 3.81. The Balaban J connectivity index is 1.77. The summed E-state index contributed by atoms with van der Waals surface area (Å²) in [5.41, 5.74) is 1.34. The number of methoxy groups -OCH3 is 1. The average molecular weight is 379 g/mol. The first-order chi connectivity index (χ1) is 11.1. The Labute approximate surface area is 142 Å². The Kier molecular flexibility index (Phi) is 4.52. The topological polar surface area (TPSA) is 41.6 Å². The van der Waals surface area contributed by atoms with Gasteiger partial charge in [0.25, 0.3) is 0 Å². The van der Waals surface area contributed by atoms with Gasteiger partial charge in [0.15, 0.2) is 11.6 Å². The maximum Gasteiger partial charge on any atom is 0.249 e. The van der Waals surface area contributed by atoms with E-state index in [4.69, 9.17) is 4.74 Å². The van der Waals surface area contributed by atoms with Gasteiger partial charge < -0.3 is 15.0 Å². The van der Waals surface area contributed by atoms with Crippen molar-refractivity contribution in [3.05, 3.63) is 52.8 Å². The fourth-order valence-electron chi connectivity index (χ4n) is 2.71. The van der Waals surface area contributed by atoms with Gasteiger partial charge in [-0.05, 0) is 42.8 Å². The molecule has 1 fully saturated rings. The fraction of sp³-hybridized carbons (Fsp3) is 0.235. The van der Waals surface area contributed by atoms with Crippen molar-refractivity contribution in [2.75, 3.05) is 23.9 Å². The summed E-state index contributed by atoms with van der Waals surface area (Å²) in [5.74, 6) is -0.353. The third-order valence-electron chi connectivity index (χ3n) is 3.84. The van der Waals surface area contributed by atoms with Gasteiger partial charge in [0.1, 0.15) is 6.04 Å². The van der Waals surface area contributed by atoms with E-state index < -0.39 is 11.9 Å². The number of hydrogen-bond acceptors (Lipinski definition) is 3. The number of rotatable bonds is 4. The lowest BCUT2D eigenvalue weighted by Crippen LogP contribution is -2.33. The summed E-state index contributed by atoms with van der Waals surface area (Å²) in [4.78, 5) is 14.3. The van der Waals surface area contributed by atoms with E-state index in [9.17, 15) is 9.18 Å². The lowest BCUT2D eigenvalue weighted by atomic mass is 10.2. The smallest absolute Gasteiger partial charge is 0.249 e. The number of carbonyl (C=O) groups excluding carboxylic acids is 1. The minimum Gasteiger partial charge on any atom is -0.492 e. The van der Waals surface area contributed by atoms with Crippen molar-refractivity contribution in [3.8, 4) is 5.75 Å². The molecule has 0 aliphatic carbocycles. The molecule has 1 unspecified atom stereocenters. The first kappa shape index (κ1) is 15.8. The maximum absolute atomic E-state index is 13.7. The second kappa shape index (κ2) is 6.58. The molecule has 2 aromatic carbocycles. The van der Waals surface area contributed by atoms with Crippen LogP contribution < -0.4 is 15.0 Å². The SMILES string of the molecule is COc1c(F)cccc1NC1CCN(c2ccc(Br)cc2)C1=O. The number of nitrogens with one attached hydrogen (secondary N) is 1. The van der Waals surface area contributed by atoms with Crippen molar-refractivity contribution in [3.63, 3.8) is 0 Å². The van der Waals surface area contributed by atoms with Crippen LogP contribution in [0.2, 0.25) is 0 Å². The molecule has 120 valence electrons. The van der Waals surface area contributed by atoms with Crippen LogP contribution in [-0.2, 0) is 4.79 Å². The molecule has 0 bridgehead atoms. The Morgan fingerprint density at radius 1 is 1.26 bits per heavy atom. The number of carbonyl (C=O) groups is 1. The van der Waals surface area contributed by atoms with Crippen LogP contribution in [0.5, 0.6) is 5.75 Å². The van der Waals surface area contributed by atoms with E-state index in [1.54, 1.807) is 17.0 Å². The highest BCUT2D eigenvalue weighted by atomic mass is 79.9. The molecule has 0 aromatic heterocycles.